The summed E-state index contributed by atoms with van der Waals surface area (Å²) in [5.74, 6) is -0.403. The average Bonchev–Trinajstić information content (AvgIpc) is 3.04. The minimum Gasteiger partial charge on any atom is -0.491 e. The summed E-state index contributed by atoms with van der Waals surface area (Å²) < 4.78 is 46.5. The fourth-order valence-corrected chi connectivity index (χ4v) is 3.34. The molecule has 0 aliphatic carbocycles. The van der Waals surface area contributed by atoms with Crippen LogP contribution in [0.2, 0.25) is 0 Å². The number of imidazole rings is 1. The molecule has 1 atom stereocenters. The van der Waals surface area contributed by atoms with Crippen LogP contribution in [0.1, 0.15) is 18.9 Å². The number of aryl methyl sites for hydroxylation is 2. The lowest BCUT2D eigenvalue weighted by atomic mass is 10.2. The Morgan fingerprint density at radius 3 is 2.47 bits per heavy atom. The molecule has 0 saturated heterocycles. The summed E-state index contributed by atoms with van der Waals surface area (Å²) in [4.78, 5) is 24.7. The highest BCUT2D eigenvalue weighted by Gasteiger charge is 2.30. The summed E-state index contributed by atoms with van der Waals surface area (Å²) >= 11 is 0. The van der Waals surface area contributed by atoms with Gasteiger partial charge in [0, 0.05) is 26.1 Å². The van der Waals surface area contributed by atoms with Gasteiger partial charge in [-0.1, -0.05) is 18.2 Å². The highest BCUT2D eigenvalue weighted by molar-refractivity contribution is 5.78. The number of alkyl halides is 3. The third-order valence-electron chi connectivity index (χ3n) is 4.94. The van der Waals surface area contributed by atoms with Crippen LogP contribution in [0.3, 0.4) is 0 Å². The molecule has 1 amide bonds. The van der Waals surface area contributed by atoms with Crippen LogP contribution in [-0.2, 0) is 24.1 Å². The number of halogens is 3. The molecule has 0 aliphatic heterocycles. The number of hydrogen-bond acceptors (Lipinski definition) is 4. The summed E-state index contributed by atoms with van der Waals surface area (Å²) in [5.41, 5.74) is 0.484. The van der Waals surface area contributed by atoms with E-state index < -0.39 is 17.8 Å². The van der Waals surface area contributed by atoms with Crippen LogP contribution < -0.4 is 15.7 Å². The van der Waals surface area contributed by atoms with Crippen molar-refractivity contribution in [3.05, 3.63) is 64.6 Å². The number of aliphatic hydroxyl groups excluding tert-OH is 1. The fourth-order valence-electron chi connectivity index (χ4n) is 3.34. The van der Waals surface area contributed by atoms with Gasteiger partial charge in [-0.3, -0.25) is 13.9 Å². The normalized spacial score (nSPS) is 12.7. The molecule has 0 saturated carbocycles. The highest BCUT2D eigenvalue weighted by Crippen LogP contribution is 2.31. The van der Waals surface area contributed by atoms with E-state index in [-0.39, 0.29) is 43.5 Å². The number of nitrogens with one attached hydrogen (secondary N) is 1. The first-order valence-corrected chi connectivity index (χ1v) is 10.1. The van der Waals surface area contributed by atoms with Gasteiger partial charge in [0.2, 0.25) is 5.91 Å². The number of aromatic nitrogens is 2. The summed E-state index contributed by atoms with van der Waals surface area (Å²) in [7, 11) is 0. The fraction of sp³-hybridized carbons (Fsp3) is 0.364. The van der Waals surface area contributed by atoms with Gasteiger partial charge in [0.25, 0.3) is 0 Å². The molecule has 32 heavy (non-hydrogen) atoms. The van der Waals surface area contributed by atoms with Crippen LogP contribution in [-0.4, -0.2) is 39.4 Å². The molecule has 2 N–H and O–H groups in total. The van der Waals surface area contributed by atoms with Gasteiger partial charge in [-0.25, -0.2) is 4.79 Å². The first-order valence-electron chi connectivity index (χ1n) is 10.1. The van der Waals surface area contributed by atoms with Crippen molar-refractivity contribution in [2.45, 2.75) is 38.7 Å². The second kappa shape index (κ2) is 9.90. The van der Waals surface area contributed by atoms with Gasteiger partial charge in [-0.2, -0.15) is 13.2 Å². The molecule has 10 heteroatoms. The molecule has 1 aromatic heterocycles. The monoisotopic (exact) mass is 451 g/mol. The maximum absolute atomic E-state index is 12.7. The number of fused-ring (bicyclic) bond motifs is 1. The number of nitrogens with zero attached hydrogens (tertiary/aromatic N) is 2. The molecule has 172 valence electrons. The van der Waals surface area contributed by atoms with E-state index in [0.29, 0.717) is 6.54 Å². The number of carbonyl (C=O) groups is 1. The predicted octanol–water partition coefficient (Wildman–Crippen LogP) is 2.79. The van der Waals surface area contributed by atoms with Crippen LogP contribution in [0, 0.1) is 0 Å². The zero-order valence-electron chi connectivity index (χ0n) is 17.4. The molecule has 3 rings (SSSR count). The minimum atomic E-state index is -4.49. The van der Waals surface area contributed by atoms with Gasteiger partial charge in [0.05, 0.1) is 16.6 Å². The molecular weight excluding hydrogens is 427 g/mol. The van der Waals surface area contributed by atoms with E-state index in [4.69, 9.17) is 4.74 Å². The van der Waals surface area contributed by atoms with Crippen LogP contribution in [0.15, 0.2) is 53.3 Å². The Morgan fingerprint density at radius 2 is 1.81 bits per heavy atom. The molecule has 1 unspecified atom stereocenters. The average molecular weight is 451 g/mol. The van der Waals surface area contributed by atoms with E-state index in [1.54, 1.807) is 4.57 Å². The van der Waals surface area contributed by atoms with E-state index in [1.807, 2.05) is 31.2 Å². The van der Waals surface area contributed by atoms with Gasteiger partial charge >= 0.3 is 11.9 Å². The topological polar surface area (TPSA) is 85.5 Å². The lowest BCUT2D eigenvalue weighted by Crippen LogP contribution is -2.36. The lowest BCUT2D eigenvalue weighted by Gasteiger charge is -2.14. The number of ether oxygens (including phenoxy) is 1. The summed E-state index contributed by atoms with van der Waals surface area (Å²) in [6.07, 6.45) is -5.57. The zero-order valence-corrected chi connectivity index (χ0v) is 17.4. The molecule has 0 spiro atoms. The van der Waals surface area contributed by atoms with Crippen molar-refractivity contribution in [1.82, 2.24) is 14.5 Å². The number of aliphatic hydroxyl groups is 1. The highest BCUT2D eigenvalue weighted by atomic mass is 19.4. The van der Waals surface area contributed by atoms with Crippen LogP contribution in [0.5, 0.6) is 5.75 Å². The Hall–Kier alpha value is -3.27. The lowest BCUT2D eigenvalue weighted by molar-refractivity contribution is -0.137. The van der Waals surface area contributed by atoms with E-state index in [0.717, 1.165) is 23.2 Å². The third kappa shape index (κ3) is 5.50. The van der Waals surface area contributed by atoms with E-state index in [1.165, 1.54) is 16.7 Å². The number of amides is 1. The number of carbonyl (C=O) groups excluding carboxylic acids is 1. The molecule has 0 aliphatic rings. The Kier molecular flexibility index (Phi) is 7.24. The van der Waals surface area contributed by atoms with Crippen molar-refractivity contribution in [1.29, 1.82) is 0 Å². The second-order valence-corrected chi connectivity index (χ2v) is 7.21. The van der Waals surface area contributed by atoms with Gasteiger partial charge < -0.3 is 15.2 Å². The van der Waals surface area contributed by atoms with E-state index in [2.05, 4.69) is 5.32 Å². The third-order valence-corrected chi connectivity index (χ3v) is 4.94. The smallest absolute Gasteiger partial charge is 0.416 e. The summed E-state index contributed by atoms with van der Waals surface area (Å²) in [6.45, 7) is 2.13. The van der Waals surface area contributed by atoms with Crippen LogP contribution in [0.4, 0.5) is 13.2 Å². The van der Waals surface area contributed by atoms with Crippen molar-refractivity contribution in [2.75, 3.05) is 13.2 Å². The van der Waals surface area contributed by atoms with Crippen molar-refractivity contribution in [3.8, 4) is 5.75 Å². The maximum atomic E-state index is 12.7. The molecule has 0 bridgehead atoms. The van der Waals surface area contributed by atoms with Crippen molar-refractivity contribution in [2.24, 2.45) is 0 Å². The summed E-state index contributed by atoms with van der Waals surface area (Å²) in [5, 5.41) is 12.5. The molecule has 0 fully saturated rings. The Labute approximate surface area is 182 Å². The second-order valence-electron chi connectivity index (χ2n) is 7.21. The molecule has 7 nitrogen and oxygen atoms in total. The van der Waals surface area contributed by atoms with Crippen molar-refractivity contribution < 1.29 is 27.8 Å². The summed E-state index contributed by atoms with van der Waals surface area (Å²) in [6, 6.07) is 11.7. The number of benzene rings is 2. The number of rotatable bonds is 9. The predicted molar refractivity (Wildman–Crippen MR) is 112 cm³/mol. The quantitative estimate of drug-likeness (QED) is 0.524. The first kappa shape index (κ1) is 23.4. The zero-order chi connectivity index (χ0) is 23.3. The Morgan fingerprint density at radius 1 is 1.12 bits per heavy atom. The van der Waals surface area contributed by atoms with Crippen LogP contribution >= 0.6 is 0 Å². The first-order chi connectivity index (χ1) is 15.2. The Bertz CT molecular complexity index is 1140. The van der Waals surface area contributed by atoms with Crippen LogP contribution in [0.25, 0.3) is 11.0 Å². The van der Waals surface area contributed by atoms with Gasteiger partial charge in [0.15, 0.2) is 0 Å². The molecule has 2 aromatic carbocycles. The standard InChI is InChI=1S/C22H24F3N3O4/c1-2-27-18-8-3-4-9-19(18)28(21(27)31)11-10-20(30)26-13-16(29)14-32-17-7-5-6-15(12-17)22(23,24)25/h3-9,12,16,29H,2,10-11,13-14H2,1H3,(H,26,30). The van der Waals surface area contributed by atoms with Crippen molar-refractivity contribution >= 4 is 16.9 Å². The van der Waals surface area contributed by atoms with Gasteiger partial charge in [-0.15, -0.1) is 0 Å². The van der Waals surface area contributed by atoms with E-state index in [9.17, 15) is 27.9 Å². The SMILES string of the molecule is CCn1c(=O)n(CCC(=O)NCC(O)COc2cccc(C(F)(F)F)c2)c2ccccc21. The number of hydrogen-bond donors (Lipinski definition) is 2. The molecule has 3 aromatic rings. The minimum absolute atomic E-state index is 0.0266. The molecule has 0 radical (unpaired) electrons. The van der Waals surface area contributed by atoms with Crippen molar-refractivity contribution in [3.63, 3.8) is 0 Å². The Balaban J connectivity index is 1.49. The molecule has 1 heterocycles. The molecular formula is C22H24F3N3O4. The van der Waals surface area contributed by atoms with E-state index >= 15 is 0 Å². The maximum Gasteiger partial charge on any atom is 0.416 e. The largest absolute Gasteiger partial charge is 0.491 e. The van der Waals surface area contributed by atoms with Gasteiger partial charge in [-0.05, 0) is 37.3 Å². The van der Waals surface area contributed by atoms with Gasteiger partial charge in [0.1, 0.15) is 18.5 Å². The number of para-hydroxylation sites is 2.